The van der Waals surface area contributed by atoms with Crippen LogP contribution in [0.1, 0.15) is 52.7 Å². The summed E-state index contributed by atoms with van der Waals surface area (Å²) in [5.41, 5.74) is 4.32. The van der Waals surface area contributed by atoms with Gasteiger partial charge in [0.25, 0.3) is 0 Å². The Bertz CT molecular complexity index is 864. The van der Waals surface area contributed by atoms with Crippen molar-refractivity contribution >= 4 is 27.2 Å². The average Bonchev–Trinajstić information content (AvgIpc) is 2.66. The summed E-state index contributed by atoms with van der Waals surface area (Å²) in [4.78, 5) is 0. The Morgan fingerprint density at radius 1 is 0.806 bits per heavy atom. The molecule has 2 aromatic carbocycles. The van der Waals surface area contributed by atoms with Gasteiger partial charge in [-0.25, -0.2) is 0 Å². The van der Waals surface area contributed by atoms with Gasteiger partial charge in [0.15, 0.2) is 8.32 Å². The molecule has 31 heavy (non-hydrogen) atoms. The van der Waals surface area contributed by atoms with Gasteiger partial charge in [0.2, 0.25) is 0 Å². The van der Waals surface area contributed by atoms with Gasteiger partial charge in [-0.2, -0.15) is 0 Å². The highest BCUT2D eigenvalue weighted by atomic mass is 28.4. The van der Waals surface area contributed by atoms with Crippen LogP contribution in [0.3, 0.4) is 0 Å². The second-order valence-corrected chi connectivity index (χ2v) is 21.6. The number of rotatable bonds is 7. The van der Waals surface area contributed by atoms with Crippen LogP contribution in [-0.4, -0.2) is 23.0 Å². The van der Waals surface area contributed by atoms with E-state index in [2.05, 4.69) is 128 Å². The monoisotopic (exact) mass is 452 g/mol. The third kappa shape index (κ3) is 7.03. The molecule has 3 heteroatoms. The van der Waals surface area contributed by atoms with Gasteiger partial charge in [0.05, 0.1) is 14.7 Å². The third-order valence-corrected chi connectivity index (χ3v) is 14.6. The Hall–Kier alpha value is -1.43. The molecule has 0 saturated carbocycles. The minimum atomic E-state index is -1.76. The van der Waals surface area contributed by atoms with Crippen molar-refractivity contribution in [2.24, 2.45) is 0 Å². The molecule has 0 amide bonds. The molecular weight excluding hydrogens is 408 g/mol. The van der Waals surface area contributed by atoms with Gasteiger partial charge in [-0.3, -0.25) is 0 Å². The van der Waals surface area contributed by atoms with Crippen LogP contribution in [-0.2, 0) is 9.84 Å². The molecule has 0 spiro atoms. The summed E-state index contributed by atoms with van der Waals surface area (Å²) >= 11 is 0. The maximum absolute atomic E-state index is 6.52. The normalized spacial score (nSPS) is 14.1. The first-order valence-corrected chi connectivity index (χ1v) is 17.7. The zero-order chi connectivity index (χ0) is 23.5. The van der Waals surface area contributed by atoms with E-state index in [0.717, 1.165) is 6.04 Å². The van der Waals surface area contributed by atoms with Gasteiger partial charge < -0.3 is 4.43 Å². The first-order valence-electron chi connectivity index (χ1n) is 11.6. The smallest absolute Gasteiger partial charge is 0.192 e. The maximum atomic E-state index is 6.52. The highest BCUT2D eigenvalue weighted by molar-refractivity contribution is 6.91. The van der Waals surface area contributed by atoms with Crippen molar-refractivity contribution < 1.29 is 4.43 Å². The molecule has 0 aliphatic carbocycles. The van der Waals surface area contributed by atoms with Crippen molar-refractivity contribution in [1.29, 1.82) is 0 Å². The fraction of sp³-hybridized carbons (Fsp3) is 0.500. The molecule has 0 heterocycles. The summed E-state index contributed by atoms with van der Waals surface area (Å²) in [5, 5.41) is 1.74. The number of allylic oxidation sites excluding steroid dienone is 1. The predicted octanol–water partition coefficient (Wildman–Crippen LogP) is 8.00. The van der Waals surface area contributed by atoms with Crippen LogP contribution in [0.25, 0.3) is 5.57 Å². The lowest BCUT2D eigenvalue weighted by Gasteiger charge is -2.36. The van der Waals surface area contributed by atoms with E-state index in [1.165, 1.54) is 21.9 Å². The van der Waals surface area contributed by atoms with Crippen molar-refractivity contribution in [3.8, 4) is 0 Å². The second kappa shape index (κ2) is 9.60. The summed E-state index contributed by atoms with van der Waals surface area (Å²) in [6.07, 6.45) is 2.37. The molecule has 1 nitrogen and oxygen atoms in total. The lowest BCUT2D eigenvalue weighted by Crippen LogP contribution is -2.41. The van der Waals surface area contributed by atoms with Crippen LogP contribution in [0.15, 0.2) is 60.7 Å². The van der Waals surface area contributed by atoms with Crippen molar-refractivity contribution in [1.82, 2.24) is 0 Å². The molecule has 170 valence electrons. The van der Waals surface area contributed by atoms with Crippen LogP contribution in [0, 0.1) is 0 Å². The van der Waals surface area contributed by atoms with Crippen LogP contribution < -0.4 is 5.19 Å². The Morgan fingerprint density at radius 2 is 1.35 bits per heavy atom. The molecule has 0 unspecified atom stereocenters. The lowest BCUT2D eigenvalue weighted by molar-refractivity contribution is 0.328. The molecule has 0 bridgehead atoms. The highest BCUT2D eigenvalue weighted by Crippen LogP contribution is 2.37. The van der Waals surface area contributed by atoms with E-state index in [9.17, 15) is 0 Å². The molecule has 0 radical (unpaired) electrons. The molecule has 0 fully saturated rings. The number of hydrogen-bond acceptors (Lipinski definition) is 1. The minimum absolute atomic E-state index is 0.173. The Labute approximate surface area is 194 Å². The van der Waals surface area contributed by atoms with Crippen molar-refractivity contribution in [2.45, 2.75) is 84.2 Å². The van der Waals surface area contributed by atoms with Gasteiger partial charge in [-0.1, -0.05) is 120 Å². The summed E-state index contributed by atoms with van der Waals surface area (Å²) in [6, 6.07) is 21.4. The van der Waals surface area contributed by atoms with Crippen LogP contribution in [0.4, 0.5) is 0 Å². The Balaban J connectivity index is 2.35. The van der Waals surface area contributed by atoms with Crippen molar-refractivity contribution in [3.05, 3.63) is 71.8 Å². The van der Waals surface area contributed by atoms with Gasteiger partial charge >= 0.3 is 0 Å². The SMILES string of the molecule is CC(C)(C)c1ccc(/C(=C\CO[Si](C)(C)C(C)(C)C)C[Si](C)(C)c2ccccc2)cc1. The zero-order valence-corrected chi connectivity index (χ0v) is 23.6. The summed E-state index contributed by atoms with van der Waals surface area (Å²) in [6.45, 7) is 24.1. The molecule has 0 aliphatic heterocycles. The summed E-state index contributed by atoms with van der Waals surface area (Å²) in [5.74, 6) is 0. The topological polar surface area (TPSA) is 9.23 Å². The first kappa shape index (κ1) is 25.8. The van der Waals surface area contributed by atoms with E-state index in [-0.39, 0.29) is 10.5 Å². The van der Waals surface area contributed by atoms with E-state index in [1.807, 2.05) is 0 Å². The van der Waals surface area contributed by atoms with Crippen LogP contribution >= 0.6 is 0 Å². The van der Waals surface area contributed by atoms with Gasteiger partial charge in [0, 0.05) is 0 Å². The Morgan fingerprint density at radius 3 is 1.84 bits per heavy atom. The first-order chi connectivity index (χ1) is 14.1. The maximum Gasteiger partial charge on any atom is 0.192 e. The Kier molecular flexibility index (Phi) is 8.00. The fourth-order valence-corrected chi connectivity index (χ4v) is 7.04. The average molecular weight is 453 g/mol. The number of benzene rings is 2. The number of hydrogen-bond donors (Lipinski definition) is 0. The third-order valence-electron chi connectivity index (χ3n) is 6.89. The van der Waals surface area contributed by atoms with E-state index in [1.54, 1.807) is 0 Å². The molecule has 0 aliphatic rings. The van der Waals surface area contributed by atoms with E-state index in [4.69, 9.17) is 4.43 Å². The van der Waals surface area contributed by atoms with E-state index >= 15 is 0 Å². The quantitative estimate of drug-likeness (QED) is 0.387. The standard InChI is InChI=1S/C28H44OSi2/c1-27(2,3)25-18-16-23(17-19-25)24(20-21-29-31(9,10)28(4,5)6)22-30(7,8)26-14-12-11-13-15-26/h11-20H,21-22H2,1-10H3/b24-20-. The van der Waals surface area contributed by atoms with Crippen LogP contribution in [0.2, 0.25) is 37.3 Å². The fourth-order valence-electron chi connectivity index (χ4n) is 3.51. The lowest BCUT2D eigenvalue weighted by atomic mass is 9.86. The van der Waals surface area contributed by atoms with E-state index in [0.29, 0.717) is 6.61 Å². The van der Waals surface area contributed by atoms with Gasteiger partial charge in [-0.05, 0) is 46.3 Å². The minimum Gasteiger partial charge on any atom is -0.413 e. The van der Waals surface area contributed by atoms with Crippen molar-refractivity contribution in [3.63, 3.8) is 0 Å². The molecular formula is C28H44OSi2. The zero-order valence-electron chi connectivity index (χ0n) is 21.6. The summed E-state index contributed by atoms with van der Waals surface area (Å²) < 4.78 is 6.52. The molecule has 2 rings (SSSR count). The van der Waals surface area contributed by atoms with E-state index < -0.39 is 16.4 Å². The van der Waals surface area contributed by atoms with Gasteiger partial charge in [0.1, 0.15) is 0 Å². The second-order valence-electron chi connectivity index (χ2n) is 12.1. The largest absolute Gasteiger partial charge is 0.413 e. The summed E-state index contributed by atoms with van der Waals surface area (Å²) in [7, 11) is -3.38. The van der Waals surface area contributed by atoms with Crippen LogP contribution in [0.5, 0.6) is 0 Å². The molecule has 0 N–H and O–H groups in total. The molecule has 0 atom stereocenters. The van der Waals surface area contributed by atoms with Crippen molar-refractivity contribution in [2.75, 3.05) is 6.61 Å². The molecule has 0 saturated heterocycles. The molecule has 2 aromatic rings. The molecule has 0 aromatic heterocycles. The van der Waals surface area contributed by atoms with Gasteiger partial charge in [-0.15, -0.1) is 0 Å². The predicted molar refractivity (Wildman–Crippen MR) is 145 cm³/mol. The highest BCUT2D eigenvalue weighted by Gasteiger charge is 2.36.